The third kappa shape index (κ3) is 3.00. The van der Waals surface area contributed by atoms with Crippen LogP contribution >= 0.6 is 0 Å². The number of carbonyl (C=O) groups is 1. The van der Waals surface area contributed by atoms with Gasteiger partial charge in [0.15, 0.2) is 0 Å². The molecule has 0 unspecified atom stereocenters. The summed E-state index contributed by atoms with van der Waals surface area (Å²) in [5.41, 5.74) is 4.78. The molecule has 13 heavy (non-hydrogen) atoms. The molecule has 0 fully saturated rings. The molecule has 0 spiro atoms. The number of hydrogen-bond acceptors (Lipinski definition) is 3. The maximum atomic E-state index is 10.3. The SMILES string of the molecule is NC(=O)N(O)C/C=C/c1ccco1. The molecule has 0 aromatic carbocycles. The Morgan fingerprint density at radius 3 is 3.08 bits per heavy atom. The van der Waals surface area contributed by atoms with E-state index in [1.54, 1.807) is 24.3 Å². The first kappa shape index (κ1) is 9.34. The first-order valence-electron chi connectivity index (χ1n) is 3.66. The Morgan fingerprint density at radius 1 is 1.77 bits per heavy atom. The average Bonchev–Trinajstić information content (AvgIpc) is 2.56. The van der Waals surface area contributed by atoms with Crippen LogP contribution in [0.3, 0.4) is 0 Å². The van der Waals surface area contributed by atoms with E-state index in [1.807, 2.05) is 0 Å². The van der Waals surface area contributed by atoms with E-state index in [-0.39, 0.29) is 6.54 Å². The smallest absolute Gasteiger partial charge is 0.338 e. The lowest BCUT2D eigenvalue weighted by Gasteiger charge is -2.07. The summed E-state index contributed by atoms with van der Waals surface area (Å²) in [6.45, 7) is 0.0377. The van der Waals surface area contributed by atoms with Gasteiger partial charge in [0, 0.05) is 0 Å². The zero-order chi connectivity index (χ0) is 9.68. The quantitative estimate of drug-likeness (QED) is 0.541. The Bertz CT molecular complexity index is 292. The molecule has 70 valence electrons. The fraction of sp³-hybridized carbons (Fsp3) is 0.125. The van der Waals surface area contributed by atoms with Gasteiger partial charge in [0.05, 0.1) is 12.8 Å². The lowest BCUT2D eigenvalue weighted by Crippen LogP contribution is -2.32. The van der Waals surface area contributed by atoms with Gasteiger partial charge >= 0.3 is 6.03 Å². The highest BCUT2D eigenvalue weighted by atomic mass is 16.5. The summed E-state index contributed by atoms with van der Waals surface area (Å²) in [5, 5.41) is 9.23. The maximum absolute atomic E-state index is 10.3. The monoisotopic (exact) mass is 182 g/mol. The summed E-state index contributed by atoms with van der Waals surface area (Å²) in [7, 11) is 0. The van der Waals surface area contributed by atoms with Crippen LogP contribution in [0.2, 0.25) is 0 Å². The molecule has 0 aliphatic heterocycles. The first-order chi connectivity index (χ1) is 6.20. The van der Waals surface area contributed by atoms with Gasteiger partial charge in [0.1, 0.15) is 5.76 Å². The molecular weight excluding hydrogens is 172 g/mol. The van der Waals surface area contributed by atoms with Crippen molar-refractivity contribution in [3.63, 3.8) is 0 Å². The summed E-state index contributed by atoms with van der Waals surface area (Å²) < 4.78 is 4.97. The van der Waals surface area contributed by atoms with E-state index in [4.69, 9.17) is 15.4 Å². The third-order valence-electron chi connectivity index (χ3n) is 1.36. The molecule has 1 aromatic heterocycles. The Hall–Kier alpha value is -1.75. The van der Waals surface area contributed by atoms with Crippen molar-refractivity contribution in [3.05, 3.63) is 30.2 Å². The summed E-state index contributed by atoms with van der Waals surface area (Å²) in [5.74, 6) is 0.651. The molecule has 5 nitrogen and oxygen atoms in total. The van der Waals surface area contributed by atoms with Gasteiger partial charge in [-0.15, -0.1) is 0 Å². The lowest BCUT2D eigenvalue weighted by molar-refractivity contribution is -0.0286. The highest BCUT2D eigenvalue weighted by molar-refractivity contribution is 5.70. The van der Waals surface area contributed by atoms with Crippen LogP contribution in [0.25, 0.3) is 6.08 Å². The van der Waals surface area contributed by atoms with Crippen molar-refractivity contribution < 1.29 is 14.4 Å². The fourth-order valence-corrected chi connectivity index (χ4v) is 0.745. The van der Waals surface area contributed by atoms with Gasteiger partial charge in [0.2, 0.25) is 0 Å². The average molecular weight is 182 g/mol. The zero-order valence-electron chi connectivity index (χ0n) is 6.88. The number of nitrogens with two attached hydrogens (primary N) is 1. The molecular formula is C8H10N2O3. The second kappa shape index (κ2) is 4.32. The summed E-state index contributed by atoms with van der Waals surface area (Å²) in [6, 6.07) is 2.61. The number of nitrogens with zero attached hydrogens (tertiary/aromatic N) is 1. The number of hydrogen-bond donors (Lipinski definition) is 2. The lowest BCUT2D eigenvalue weighted by atomic mass is 10.4. The molecule has 0 radical (unpaired) electrons. The summed E-state index contributed by atoms with van der Waals surface area (Å²) >= 11 is 0. The largest absolute Gasteiger partial charge is 0.465 e. The number of rotatable bonds is 3. The van der Waals surface area contributed by atoms with E-state index in [0.29, 0.717) is 10.8 Å². The van der Waals surface area contributed by atoms with Crippen LogP contribution in [0.5, 0.6) is 0 Å². The first-order valence-corrected chi connectivity index (χ1v) is 3.66. The Kier molecular flexibility index (Phi) is 3.10. The van der Waals surface area contributed by atoms with Crippen molar-refractivity contribution in [2.75, 3.05) is 6.54 Å². The number of primary amides is 1. The molecule has 0 saturated heterocycles. The minimum absolute atomic E-state index is 0.0377. The van der Waals surface area contributed by atoms with E-state index >= 15 is 0 Å². The zero-order valence-corrected chi connectivity index (χ0v) is 6.88. The standard InChI is InChI=1S/C8H10N2O3/c9-8(11)10(12)5-1-3-7-4-2-6-13-7/h1-4,6,12H,5H2,(H2,9,11)/b3-1+. The predicted octanol–water partition coefficient (Wildman–Crippen LogP) is 1.06. The van der Waals surface area contributed by atoms with Gasteiger partial charge in [-0.3, -0.25) is 5.21 Å². The van der Waals surface area contributed by atoms with Crippen LogP contribution in [-0.4, -0.2) is 22.8 Å². The normalized spacial score (nSPS) is 10.5. The second-order valence-corrected chi connectivity index (χ2v) is 2.34. The van der Waals surface area contributed by atoms with Crippen molar-refractivity contribution in [3.8, 4) is 0 Å². The molecule has 0 atom stereocenters. The van der Waals surface area contributed by atoms with Crippen molar-refractivity contribution in [1.29, 1.82) is 0 Å². The Balaban J connectivity index is 2.38. The minimum Gasteiger partial charge on any atom is -0.465 e. The molecule has 2 amide bonds. The maximum Gasteiger partial charge on any atom is 0.338 e. The van der Waals surface area contributed by atoms with Crippen LogP contribution in [0.1, 0.15) is 5.76 Å². The second-order valence-electron chi connectivity index (χ2n) is 2.34. The number of hydroxylamine groups is 2. The van der Waals surface area contributed by atoms with Crippen LogP contribution < -0.4 is 5.73 Å². The van der Waals surface area contributed by atoms with Gasteiger partial charge in [-0.05, 0) is 18.2 Å². The van der Waals surface area contributed by atoms with E-state index in [1.165, 1.54) is 6.26 Å². The number of amides is 2. The Labute approximate surface area is 75.0 Å². The van der Waals surface area contributed by atoms with Crippen LogP contribution in [0.4, 0.5) is 4.79 Å². The van der Waals surface area contributed by atoms with Crippen LogP contribution in [0.15, 0.2) is 28.9 Å². The summed E-state index contributed by atoms with van der Waals surface area (Å²) in [6.07, 6.45) is 4.72. The van der Waals surface area contributed by atoms with Crippen molar-refractivity contribution >= 4 is 12.1 Å². The molecule has 1 rings (SSSR count). The van der Waals surface area contributed by atoms with Crippen molar-refractivity contribution in [2.45, 2.75) is 0 Å². The number of urea groups is 1. The van der Waals surface area contributed by atoms with E-state index < -0.39 is 6.03 Å². The molecule has 1 heterocycles. The van der Waals surface area contributed by atoms with Gasteiger partial charge in [-0.2, -0.15) is 0 Å². The van der Waals surface area contributed by atoms with Gasteiger partial charge in [0.25, 0.3) is 0 Å². The summed E-state index contributed by atoms with van der Waals surface area (Å²) in [4.78, 5) is 10.3. The van der Waals surface area contributed by atoms with Crippen LogP contribution in [0, 0.1) is 0 Å². The Morgan fingerprint density at radius 2 is 2.54 bits per heavy atom. The highest BCUT2D eigenvalue weighted by Gasteiger charge is 2.00. The third-order valence-corrected chi connectivity index (χ3v) is 1.36. The molecule has 0 saturated carbocycles. The fourth-order valence-electron chi connectivity index (χ4n) is 0.745. The predicted molar refractivity (Wildman–Crippen MR) is 45.8 cm³/mol. The number of furan rings is 1. The molecule has 0 bridgehead atoms. The topological polar surface area (TPSA) is 79.7 Å². The minimum atomic E-state index is -0.885. The molecule has 3 N–H and O–H groups in total. The van der Waals surface area contributed by atoms with Gasteiger partial charge < -0.3 is 10.2 Å². The van der Waals surface area contributed by atoms with Crippen molar-refractivity contribution in [2.24, 2.45) is 5.73 Å². The number of carbonyl (C=O) groups excluding carboxylic acids is 1. The van der Waals surface area contributed by atoms with Gasteiger partial charge in [-0.1, -0.05) is 6.08 Å². The van der Waals surface area contributed by atoms with Gasteiger partial charge in [-0.25, -0.2) is 9.86 Å². The van der Waals surface area contributed by atoms with Crippen molar-refractivity contribution in [1.82, 2.24) is 5.06 Å². The van der Waals surface area contributed by atoms with Crippen LogP contribution in [-0.2, 0) is 0 Å². The van der Waals surface area contributed by atoms with E-state index in [0.717, 1.165) is 0 Å². The molecule has 0 aliphatic rings. The molecule has 5 heteroatoms. The van der Waals surface area contributed by atoms with E-state index in [2.05, 4.69) is 0 Å². The highest BCUT2D eigenvalue weighted by Crippen LogP contribution is 2.01. The molecule has 0 aliphatic carbocycles. The molecule has 1 aromatic rings. The van der Waals surface area contributed by atoms with E-state index in [9.17, 15) is 4.79 Å².